The van der Waals surface area contributed by atoms with Gasteiger partial charge in [-0.2, -0.15) is 0 Å². The van der Waals surface area contributed by atoms with E-state index in [4.69, 9.17) is 8.85 Å². The number of aliphatic hydroxyl groups is 1. The van der Waals surface area contributed by atoms with Crippen molar-refractivity contribution in [3.8, 4) is 0 Å². The quantitative estimate of drug-likeness (QED) is 0.679. The van der Waals surface area contributed by atoms with Crippen molar-refractivity contribution in [1.82, 2.24) is 0 Å². The predicted octanol–water partition coefficient (Wildman–Crippen LogP) is 2.97. The van der Waals surface area contributed by atoms with E-state index < -0.39 is 8.56 Å². The van der Waals surface area contributed by atoms with Gasteiger partial charge in [0, 0.05) is 22.9 Å². The summed E-state index contributed by atoms with van der Waals surface area (Å²) in [6, 6.07) is 0. The average Bonchev–Trinajstić information content (AvgIpc) is 2.36. The lowest BCUT2D eigenvalue weighted by Crippen LogP contribution is -2.62. The van der Waals surface area contributed by atoms with Gasteiger partial charge in [-0.15, -0.1) is 0 Å². The maximum absolute atomic E-state index is 9.98. The highest BCUT2D eigenvalue weighted by Crippen LogP contribution is 2.56. The van der Waals surface area contributed by atoms with Gasteiger partial charge in [0.15, 0.2) is 0 Å². The topological polar surface area (TPSA) is 38.7 Å². The summed E-state index contributed by atoms with van der Waals surface area (Å²) in [6.45, 7) is 13.3. The molecule has 17 heavy (non-hydrogen) atoms. The van der Waals surface area contributed by atoms with Crippen LogP contribution in [0.3, 0.4) is 0 Å². The summed E-state index contributed by atoms with van der Waals surface area (Å²) >= 11 is 0. The van der Waals surface area contributed by atoms with Crippen LogP contribution in [0.2, 0.25) is 10.1 Å². The van der Waals surface area contributed by atoms with Crippen molar-refractivity contribution in [3.05, 3.63) is 0 Å². The van der Waals surface area contributed by atoms with E-state index in [1.165, 1.54) is 0 Å². The molecule has 0 amide bonds. The van der Waals surface area contributed by atoms with Crippen LogP contribution in [0.25, 0.3) is 0 Å². The van der Waals surface area contributed by atoms with Gasteiger partial charge in [0.25, 0.3) is 0 Å². The summed E-state index contributed by atoms with van der Waals surface area (Å²) < 4.78 is 12.8. The van der Waals surface area contributed by atoms with E-state index >= 15 is 0 Å². The monoisotopic (exact) mass is 258 g/mol. The molecule has 1 aliphatic carbocycles. The smallest absolute Gasteiger partial charge is 0.349 e. The third kappa shape index (κ3) is 1.99. The van der Waals surface area contributed by atoms with Crippen LogP contribution in [0.1, 0.15) is 54.4 Å². The lowest BCUT2D eigenvalue weighted by molar-refractivity contribution is -0.00920. The van der Waals surface area contributed by atoms with Crippen LogP contribution >= 0.6 is 0 Å². The van der Waals surface area contributed by atoms with Crippen molar-refractivity contribution >= 4 is 8.56 Å². The molecular formula is C13H26O3Si. The van der Waals surface area contributed by atoms with Crippen LogP contribution in [0.4, 0.5) is 0 Å². The summed E-state index contributed by atoms with van der Waals surface area (Å²) in [6.07, 6.45) is 1.47. The Morgan fingerprint density at radius 3 is 1.88 bits per heavy atom. The third-order valence-electron chi connectivity index (χ3n) is 4.05. The molecule has 3 nitrogen and oxygen atoms in total. The second kappa shape index (κ2) is 3.79. The minimum Gasteiger partial charge on any atom is -0.390 e. The van der Waals surface area contributed by atoms with Gasteiger partial charge in [0.2, 0.25) is 0 Å². The van der Waals surface area contributed by atoms with E-state index in [9.17, 15) is 5.11 Å². The predicted molar refractivity (Wildman–Crippen MR) is 70.2 cm³/mol. The SMILES string of the molecule is CC(C)(C)[Si]1(C(C)(C)C)OC2CC(O)C(C2)O1. The lowest BCUT2D eigenvalue weighted by atomic mass is 10.2. The Balaban J connectivity index is 2.38. The van der Waals surface area contributed by atoms with Crippen molar-refractivity contribution in [3.63, 3.8) is 0 Å². The highest BCUT2D eigenvalue weighted by molar-refractivity contribution is 6.73. The first-order chi connectivity index (χ1) is 7.57. The van der Waals surface area contributed by atoms with Crippen molar-refractivity contribution < 1.29 is 14.0 Å². The van der Waals surface area contributed by atoms with Crippen molar-refractivity contribution in [2.24, 2.45) is 0 Å². The number of hydrogen-bond donors (Lipinski definition) is 1. The molecule has 4 heteroatoms. The molecule has 1 saturated heterocycles. The molecule has 3 unspecified atom stereocenters. The zero-order chi connectivity index (χ0) is 13.1. The Bertz CT molecular complexity index is 287. The van der Waals surface area contributed by atoms with E-state index in [1.54, 1.807) is 0 Å². The Labute approximate surface area is 106 Å². The molecule has 3 atom stereocenters. The van der Waals surface area contributed by atoms with Crippen LogP contribution in [0.15, 0.2) is 0 Å². The summed E-state index contributed by atoms with van der Waals surface area (Å²) in [5.74, 6) is 0. The molecule has 0 aromatic rings. The summed E-state index contributed by atoms with van der Waals surface area (Å²) in [5.41, 5.74) is 0. The number of fused-ring (bicyclic) bond motifs is 2. The fourth-order valence-corrected chi connectivity index (χ4v) is 8.53. The van der Waals surface area contributed by atoms with E-state index in [0.717, 1.165) is 12.8 Å². The Morgan fingerprint density at radius 1 is 0.941 bits per heavy atom. The van der Waals surface area contributed by atoms with Gasteiger partial charge in [0.05, 0.1) is 18.3 Å². The first-order valence-electron chi connectivity index (χ1n) is 6.60. The summed E-state index contributed by atoms with van der Waals surface area (Å²) in [5, 5.41) is 10.0. The Hall–Kier alpha value is 0.0969. The van der Waals surface area contributed by atoms with Gasteiger partial charge in [0.1, 0.15) is 0 Å². The van der Waals surface area contributed by atoms with Crippen LogP contribution in [0, 0.1) is 0 Å². The van der Waals surface area contributed by atoms with Crippen LogP contribution < -0.4 is 0 Å². The molecule has 100 valence electrons. The molecule has 0 radical (unpaired) electrons. The lowest BCUT2D eigenvalue weighted by Gasteiger charge is -2.53. The summed E-state index contributed by atoms with van der Waals surface area (Å²) in [4.78, 5) is 0. The second-order valence-corrected chi connectivity index (χ2v) is 12.3. The van der Waals surface area contributed by atoms with Gasteiger partial charge in [-0.25, -0.2) is 0 Å². The number of hydrogen-bond acceptors (Lipinski definition) is 3. The van der Waals surface area contributed by atoms with Crippen LogP contribution in [-0.2, 0) is 8.85 Å². The molecule has 1 N–H and O–H groups in total. The van der Waals surface area contributed by atoms with Gasteiger partial charge in [-0.3, -0.25) is 0 Å². The highest BCUT2D eigenvalue weighted by Gasteiger charge is 2.64. The molecular weight excluding hydrogens is 232 g/mol. The van der Waals surface area contributed by atoms with Crippen LogP contribution in [0.5, 0.6) is 0 Å². The van der Waals surface area contributed by atoms with Crippen LogP contribution in [-0.4, -0.2) is 32.0 Å². The Morgan fingerprint density at radius 2 is 1.47 bits per heavy atom. The van der Waals surface area contributed by atoms with Crippen molar-refractivity contribution in [2.45, 2.75) is 82.8 Å². The largest absolute Gasteiger partial charge is 0.390 e. The molecule has 0 aromatic carbocycles. The van der Waals surface area contributed by atoms with Gasteiger partial charge < -0.3 is 14.0 Å². The normalized spacial score (nSPS) is 37.2. The third-order valence-corrected chi connectivity index (χ3v) is 9.30. The minimum absolute atomic E-state index is 0.00105. The number of aliphatic hydroxyl groups excluding tert-OH is 1. The molecule has 0 aromatic heterocycles. The van der Waals surface area contributed by atoms with Gasteiger partial charge in [-0.05, 0) is 0 Å². The van der Waals surface area contributed by atoms with E-state index in [2.05, 4.69) is 41.5 Å². The van der Waals surface area contributed by atoms with Gasteiger partial charge >= 0.3 is 8.56 Å². The fraction of sp³-hybridized carbons (Fsp3) is 1.00. The molecule has 2 rings (SSSR count). The zero-order valence-electron chi connectivity index (χ0n) is 11.9. The minimum atomic E-state index is -2.35. The van der Waals surface area contributed by atoms with E-state index in [0.29, 0.717) is 0 Å². The molecule has 0 spiro atoms. The fourth-order valence-electron chi connectivity index (χ4n) is 3.46. The van der Waals surface area contributed by atoms with Gasteiger partial charge in [-0.1, -0.05) is 41.5 Å². The second-order valence-electron chi connectivity index (χ2n) is 7.55. The molecule has 2 fully saturated rings. The summed E-state index contributed by atoms with van der Waals surface area (Å²) in [7, 11) is -2.35. The molecule has 2 bridgehead atoms. The molecule has 1 aliphatic heterocycles. The standard InChI is InChI=1S/C13H26O3Si/c1-12(2,3)17(13(4,5)6)15-9-7-10(14)11(8-9)16-17/h9-11,14H,7-8H2,1-6H3. The maximum atomic E-state index is 9.98. The average molecular weight is 258 g/mol. The van der Waals surface area contributed by atoms with Crippen molar-refractivity contribution in [2.75, 3.05) is 0 Å². The Kier molecular flexibility index (Phi) is 3.02. The first-order valence-corrected chi connectivity index (χ1v) is 8.42. The van der Waals surface area contributed by atoms with E-state index in [-0.39, 0.29) is 28.4 Å². The zero-order valence-corrected chi connectivity index (χ0v) is 12.9. The number of rotatable bonds is 0. The molecule has 1 heterocycles. The molecule has 2 aliphatic rings. The van der Waals surface area contributed by atoms with E-state index in [1.807, 2.05) is 0 Å². The van der Waals surface area contributed by atoms with Crippen molar-refractivity contribution in [1.29, 1.82) is 0 Å². The maximum Gasteiger partial charge on any atom is 0.349 e. The highest BCUT2D eigenvalue weighted by atomic mass is 28.4. The first kappa shape index (κ1) is 13.5. The molecule has 1 saturated carbocycles.